The van der Waals surface area contributed by atoms with Crippen molar-refractivity contribution >= 4 is 54.8 Å². The predicted octanol–water partition coefficient (Wildman–Crippen LogP) is 5.21. The van der Waals surface area contributed by atoms with Crippen molar-refractivity contribution < 1.29 is 24.9 Å². The minimum absolute atomic E-state index is 0.0911. The van der Waals surface area contributed by atoms with E-state index in [2.05, 4.69) is 0 Å². The molecule has 132 valence electrons. The first-order valence-electron chi connectivity index (χ1n) is 7.51. The zero-order valence-corrected chi connectivity index (χ0v) is 15.2. The van der Waals surface area contributed by atoms with Crippen LogP contribution in [-0.2, 0) is 0 Å². The Labute approximate surface area is 156 Å². The number of aromatic carboxylic acids is 2. The van der Waals surface area contributed by atoms with E-state index in [-0.39, 0.29) is 11.3 Å². The summed E-state index contributed by atoms with van der Waals surface area (Å²) in [5, 5.41) is 31.5. The maximum Gasteiger partial charge on any atom is 0.337 e. The largest absolute Gasteiger partial charge is 0.508 e. The number of carboxylic acid groups (broad SMARTS) is 2. The standard InChI is InChI=1S/C10H8O2S.C9H6O3S/c1-6-2-3-9-7(4-6)8(5-13-9)10(11)12;10-5-1-2-8-6(3-5)7(4-13-8)9(11)12/h2-5H,1H3,(H,11,12);1-4,10H,(H,11,12). The first kappa shape index (κ1) is 17.9. The van der Waals surface area contributed by atoms with Gasteiger partial charge >= 0.3 is 11.9 Å². The Bertz CT molecular complexity index is 1030. The van der Waals surface area contributed by atoms with Crippen LogP contribution in [0.3, 0.4) is 0 Å². The fourth-order valence-corrected chi connectivity index (χ4v) is 4.32. The van der Waals surface area contributed by atoms with Crippen molar-refractivity contribution in [1.82, 2.24) is 0 Å². The molecule has 0 aliphatic heterocycles. The Hall–Kier alpha value is -2.90. The molecule has 4 rings (SSSR count). The van der Waals surface area contributed by atoms with E-state index in [1.807, 2.05) is 25.1 Å². The van der Waals surface area contributed by atoms with Crippen molar-refractivity contribution in [3.8, 4) is 5.75 Å². The molecule has 0 atom stereocenters. The van der Waals surface area contributed by atoms with Gasteiger partial charge in [-0.1, -0.05) is 11.6 Å². The van der Waals surface area contributed by atoms with Crippen LogP contribution in [0.25, 0.3) is 20.2 Å². The minimum Gasteiger partial charge on any atom is -0.508 e. The van der Waals surface area contributed by atoms with Crippen molar-refractivity contribution in [2.75, 3.05) is 0 Å². The van der Waals surface area contributed by atoms with E-state index in [9.17, 15) is 9.59 Å². The number of rotatable bonds is 2. The summed E-state index contributed by atoms with van der Waals surface area (Å²) in [4.78, 5) is 21.5. The van der Waals surface area contributed by atoms with Crippen molar-refractivity contribution in [2.24, 2.45) is 0 Å². The van der Waals surface area contributed by atoms with Crippen LogP contribution >= 0.6 is 22.7 Å². The molecule has 2 heterocycles. The molecule has 26 heavy (non-hydrogen) atoms. The molecular weight excluding hydrogens is 372 g/mol. The van der Waals surface area contributed by atoms with Crippen LogP contribution < -0.4 is 0 Å². The fourth-order valence-electron chi connectivity index (χ4n) is 2.49. The van der Waals surface area contributed by atoms with E-state index < -0.39 is 11.9 Å². The maximum atomic E-state index is 10.8. The number of thiophene rings is 2. The number of hydrogen-bond donors (Lipinski definition) is 3. The lowest BCUT2D eigenvalue weighted by Crippen LogP contribution is -1.93. The maximum absolute atomic E-state index is 10.8. The topological polar surface area (TPSA) is 94.8 Å². The number of aromatic hydroxyl groups is 1. The number of carbonyl (C=O) groups is 2. The van der Waals surface area contributed by atoms with Gasteiger partial charge in [-0.3, -0.25) is 0 Å². The molecule has 0 unspecified atom stereocenters. The normalized spacial score (nSPS) is 10.5. The van der Waals surface area contributed by atoms with Crippen LogP contribution in [0.2, 0.25) is 0 Å². The van der Waals surface area contributed by atoms with Gasteiger partial charge in [-0.15, -0.1) is 22.7 Å². The number of aryl methyl sites for hydroxylation is 1. The van der Waals surface area contributed by atoms with E-state index in [0.717, 1.165) is 20.3 Å². The molecule has 0 amide bonds. The number of phenolic OH excluding ortho intramolecular Hbond substituents is 1. The highest BCUT2D eigenvalue weighted by Crippen LogP contribution is 2.29. The number of carboxylic acids is 2. The molecule has 0 aliphatic rings. The van der Waals surface area contributed by atoms with Crippen LogP contribution in [0.1, 0.15) is 26.3 Å². The summed E-state index contributed by atoms with van der Waals surface area (Å²) in [5.74, 6) is -1.72. The third-order valence-corrected chi connectivity index (χ3v) is 5.67. The van der Waals surface area contributed by atoms with Gasteiger partial charge in [0.1, 0.15) is 5.75 Å². The highest BCUT2D eigenvalue weighted by molar-refractivity contribution is 7.17. The summed E-state index contributed by atoms with van der Waals surface area (Å²) in [7, 11) is 0. The molecule has 2 aromatic carbocycles. The number of benzene rings is 2. The van der Waals surface area contributed by atoms with E-state index in [0.29, 0.717) is 10.9 Å². The predicted molar refractivity (Wildman–Crippen MR) is 104 cm³/mol. The molecule has 0 fully saturated rings. The Kier molecular flexibility index (Phi) is 4.92. The lowest BCUT2D eigenvalue weighted by Gasteiger charge is -1.94. The Morgan fingerprint density at radius 2 is 1.31 bits per heavy atom. The van der Waals surface area contributed by atoms with Crippen molar-refractivity contribution in [3.63, 3.8) is 0 Å². The molecule has 5 nitrogen and oxygen atoms in total. The smallest absolute Gasteiger partial charge is 0.337 e. The number of hydrogen-bond acceptors (Lipinski definition) is 5. The molecule has 4 aromatic rings. The summed E-state index contributed by atoms with van der Waals surface area (Å²) in [6.45, 7) is 1.96. The van der Waals surface area contributed by atoms with Gasteiger partial charge in [0.15, 0.2) is 0 Å². The summed E-state index contributed by atoms with van der Waals surface area (Å²) in [6.07, 6.45) is 0. The lowest BCUT2D eigenvalue weighted by molar-refractivity contribution is 0.0688. The van der Waals surface area contributed by atoms with Gasteiger partial charge in [-0.05, 0) is 37.3 Å². The van der Waals surface area contributed by atoms with Gasteiger partial charge in [0.05, 0.1) is 11.1 Å². The van der Waals surface area contributed by atoms with Crippen LogP contribution in [-0.4, -0.2) is 27.3 Å². The average Bonchev–Trinajstić information content (AvgIpc) is 3.18. The molecule has 0 aliphatic carbocycles. The number of fused-ring (bicyclic) bond motifs is 2. The minimum atomic E-state index is -0.961. The first-order valence-corrected chi connectivity index (χ1v) is 9.27. The third kappa shape index (κ3) is 3.54. The average molecular weight is 386 g/mol. The molecule has 7 heteroatoms. The Morgan fingerprint density at radius 3 is 1.85 bits per heavy atom. The summed E-state index contributed by atoms with van der Waals surface area (Å²) < 4.78 is 1.90. The van der Waals surface area contributed by atoms with E-state index >= 15 is 0 Å². The van der Waals surface area contributed by atoms with Gasteiger partial charge in [-0.2, -0.15) is 0 Å². The Balaban J connectivity index is 0.000000151. The molecule has 0 saturated heterocycles. The molecule has 0 bridgehead atoms. The second kappa shape index (κ2) is 7.15. The zero-order chi connectivity index (χ0) is 18.8. The van der Waals surface area contributed by atoms with Gasteiger partial charge < -0.3 is 15.3 Å². The van der Waals surface area contributed by atoms with E-state index in [4.69, 9.17) is 15.3 Å². The highest BCUT2D eigenvalue weighted by atomic mass is 32.1. The third-order valence-electron chi connectivity index (χ3n) is 3.75. The Morgan fingerprint density at radius 1 is 0.808 bits per heavy atom. The fraction of sp³-hybridized carbons (Fsp3) is 0.0526. The molecule has 0 spiro atoms. The lowest BCUT2D eigenvalue weighted by atomic mass is 10.1. The first-order chi connectivity index (χ1) is 12.4. The molecular formula is C19H14O5S2. The monoisotopic (exact) mass is 386 g/mol. The van der Waals surface area contributed by atoms with Crippen molar-refractivity contribution in [3.05, 3.63) is 63.8 Å². The van der Waals surface area contributed by atoms with E-state index in [1.165, 1.54) is 28.7 Å². The molecule has 2 aromatic heterocycles. The number of phenols is 1. The van der Waals surface area contributed by atoms with Gasteiger partial charge in [0.25, 0.3) is 0 Å². The summed E-state index contributed by atoms with van der Waals surface area (Å²) in [5.41, 5.74) is 1.74. The van der Waals surface area contributed by atoms with Gasteiger partial charge in [0, 0.05) is 30.9 Å². The van der Waals surface area contributed by atoms with Crippen molar-refractivity contribution in [2.45, 2.75) is 6.92 Å². The summed E-state index contributed by atoms with van der Waals surface area (Å²) >= 11 is 2.83. The van der Waals surface area contributed by atoms with Crippen molar-refractivity contribution in [1.29, 1.82) is 0 Å². The molecule has 0 saturated carbocycles. The molecule has 0 radical (unpaired) electrons. The molecule has 3 N–H and O–H groups in total. The summed E-state index contributed by atoms with van der Waals surface area (Å²) in [6, 6.07) is 10.6. The zero-order valence-electron chi connectivity index (χ0n) is 13.6. The van der Waals surface area contributed by atoms with E-state index in [1.54, 1.807) is 22.9 Å². The van der Waals surface area contributed by atoms with Gasteiger partial charge in [0.2, 0.25) is 0 Å². The van der Waals surface area contributed by atoms with Crippen LogP contribution in [0, 0.1) is 6.92 Å². The van der Waals surface area contributed by atoms with Crippen LogP contribution in [0.5, 0.6) is 5.75 Å². The second-order valence-electron chi connectivity index (χ2n) is 5.59. The SMILES string of the molecule is Cc1ccc2scc(C(=O)O)c2c1.O=C(O)c1csc2ccc(O)cc12. The van der Waals surface area contributed by atoms with Gasteiger partial charge in [-0.25, -0.2) is 9.59 Å². The highest BCUT2D eigenvalue weighted by Gasteiger charge is 2.11. The second-order valence-corrected chi connectivity index (χ2v) is 7.41. The van der Waals surface area contributed by atoms with Crippen LogP contribution in [0.15, 0.2) is 47.2 Å². The quantitative estimate of drug-likeness (QED) is 0.439. The van der Waals surface area contributed by atoms with Crippen LogP contribution in [0.4, 0.5) is 0 Å².